The number of aliphatic hydroxyl groups excluding tert-OH is 2. The number of hydrogen-bond donors (Lipinski definition) is 3. The predicted octanol–water partition coefficient (Wildman–Crippen LogP) is -1.29. The second-order valence-corrected chi connectivity index (χ2v) is 3.82. The molecule has 1 aliphatic rings. The second kappa shape index (κ2) is 4.27. The molecule has 3 atom stereocenters. The van der Waals surface area contributed by atoms with Crippen LogP contribution in [0.3, 0.4) is 0 Å². The first-order valence-corrected chi connectivity index (χ1v) is 4.98. The normalized spacial score (nSPS) is 28.2. The highest BCUT2D eigenvalue weighted by Gasteiger charge is 2.35. The molecule has 1 heterocycles. The lowest BCUT2D eigenvalue weighted by Crippen LogP contribution is -2.37. The van der Waals surface area contributed by atoms with Gasteiger partial charge in [0.2, 0.25) is 0 Å². The Labute approximate surface area is 94.7 Å². The Morgan fingerprint density at radius 1 is 1.41 bits per heavy atom. The van der Waals surface area contributed by atoms with Crippen LogP contribution in [0, 0.1) is 0 Å². The molecule has 0 bridgehead atoms. The quantitative estimate of drug-likeness (QED) is 0.562. The molecule has 0 saturated heterocycles. The molecule has 7 heteroatoms. The van der Waals surface area contributed by atoms with Crippen molar-refractivity contribution < 1.29 is 14.6 Å². The maximum absolute atomic E-state index is 12.5. The molecule has 1 aromatic rings. The van der Waals surface area contributed by atoms with Crippen molar-refractivity contribution in [2.24, 2.45) is 0 Å². The predicted molar refractivity (Wildman–Crippen MR) is 56.4 cm³/mol. The summed E-state index contributed by atoms with van der Waals surface area (Å²) in [7, 11) is 0. The van der Waals surface area contributed by atoms with Crippen molar-refractivity contribution in [1.82, 2.24) is 9.55 Å². The zero-order valence-electron chi connectivity index (χ0n) is 8.71. The van der Waals surface area contributed by atoms with Crippen LogP contribution < -0.4 is 11.2 Å². The van der Waals surface area contributed by atoms with Crippen molar-refractivity contribution in [3.63, 3.8) is 0 Å². The highest BCUT2D eigenvalue weighted by molar-refractivity contribution is 5.23. The molecule has 0 radical (unpaired) electrons. The van der Waals surface area contributed by atoms with E-state index in [1.54, 1.807) is 0 Å². The summed E-state index contributed by atoms with van der Waals surface area (Å²) in [6, 6.07) is 0.238. The van der Waals surface area contributed by atoms with Crippen molar-refractivity contribution >= 4 is 0 Å². The van der Waals surface area contributed by atoms with E-state index in [1.165, 1.54) is 12.3 Å². The lowest BCUT2D eigenvalue weighted by Gasteiger charge is -2.18. The first kappa shape index (κ1) is 11.7. The summed E-state index contributed by atoms with van der Waals surface area (Å²) >= 11 is 0. The Balaban J connectivity index is 2.45. The zero-order valence-corrected chi connectivity index (χ0v) is 8.71. The Hall–Kier alpha value is -1.73. The maximum atomic E-state index is 12.5. The van der Waals surface area contributed by atoms with E-state index in [4.69, 9.17) is 0 Å². The molecule has 17 heavy (non-hydrogen) atoms. The van der Waals surface area contributed by atoms with Gasteiger partial charge in [0.15, 0.2) is 0 Å². The monoisotopic (exact) mass is 242 g/mol. The highest BCUT2D eigenvalue weighted by atomic mass is 19.1. The molecule has 6 nitrogen and oxygen atoms in total. The molecule has 92 valence electrons. The third-order valence-corrected chi connectivity index (χ3v) is 2.76. The fourth-order valence-corrected chi connectivity index (χ4v) is 1.85. The number of halogens is 1. The number of aliphatic hydroxyl groups is 2. The van der Waals surface area contributed by atoms with Gasteiger partial charge in [0.05, 0.1) is 6.04 Å². The number of rotatable bonds is 2. The Morgan fingerprint density at radius 3 is 2.65 bits per heavy atom. The fraction of sp³-hybridized carbons (Fsp3) is 0.400. The molecule has 1 aromatic heterocycles. The molecule has 3 N–H and O–H groups in total. The largest absolute Gasteiger partial charge is 0.388 e. The first-order chi connectivity index (χ1) is 8.04. The molecular weight excluding hydrogens is 231 g/mol. The second-order valence-electron chi connectivity index (χ2n) is 3.82. The Morgan fingerprint density at radius 2 is 2.12 bits per heavy atom. The van der Waals surface area contributed by atoms with Gasteiger partial charge in [-0.2, -0.15) is 0 Å². The fourth-order valence-electron chi connectivity index (χ4n) is 1.85. The number of aromatic amines is 1. The number of alkyl halides is 1. The molecule has 0 amide bonds. The van der Waals surface area contributed by atoms with Gasteiger partial charge in [-0.25, -0.2) is 9.18 Å². The van der Waals surface area contributed by atoms with E-state index in [2.05, 4.69) is 0 Å². The van der Waals surface area contributed by atoms with Gasteiger partial charge in [-0.3, -0.25) is 14.3 Å². The SMILES string of the molecule is O=c1ccn(C2C=C(CF)C(O)C2O)c(=O)[nH]1. The van der Waals surface area contributed by atoms with Gasteiger partial charge in [-0.1, -0.05) is 6.08 Å². The first-order valence-electron chi connectivity index (χ1n) is 4.98. The number of hydrogen-bond acceptors (Lipinski definition) is 4. The van der Waals surface area contributed by atoms with Crippen LogP contribution in [0.4, 0.5) is 4.39 Å². The van der Waals surface area contributed by atoms with Crippen LogP contribution >= 0.6 is 0 Å². The summed E-state index contributed by atoms with van der Waals surface area (Å²) < 4.78 is 13.5. The number of nitrogens with zero attached hydrogens (tertiary/aromatic N) is 1. The standard InChI is InChI=1S/C10H11FN2O4/c11-4-5-3-6(9(16)8(5)15)13-2-1-7(14)12-10(13)17/h1-3,6,8-9,15-16H,4H2,(H,12,14,17). The van der Waals surface area contributed by atoms with Crippen LogP contribution in [0.25, 0.3) is 0 Å². The number of aromatic nitrogens is 2. The minimum Gasteiger partial charge on any atom is -0.388 e. The summed E-state index contributed by atoms with van der Waals surface area (Å²) in [6.45, 7) is -0.896. The third-order valence-electron chi connectivity index (χ3n) is 2.76. The molecule has 0 aliphatic heterocycles. The smallest absolute Gasteiger partial charge is 0.328 e. The van der Waals surface area contributed by atoms with Gasteiger partial charge in [0.25, 0.3) is 5.56 Å². The lowest BCUT2D eigenvalue weighted by molar-refractivity contribution is 0.0290. The van der Waals surface area contributed by atoms with Crippen LogP contribution in [0.5, 0.6) is 0 Å². The minimum absolute atomic E-state index is 0.0283. The summed E-state index contributed by atoms with van der Waals surface area (Å²) in [5, 5.41) is 19.2. The molecule has 1 aliphatic carbocycles. The van der Waals surface area contributed by atoms with Crippen LogP contribution in [0.2, 0.25) is 0 Å². The average molecular weight is 242 g/mol. The molecule has 2 rings (SSSR count). The van der Waals surface area contributed by atoms with Gasteiger partial charge in [-0.05, 0) is 5.57 Å². The summed E-state index contributed by atoms with van der Waals surface area (Å²) in [4.78, 5) is 24.4. The van der Waals surface area contributed by atoms with Crippen LogP contribution in [-0.2, 0) is 0 Å². The van der Waals surface area contributed by atoms with E-state index in [1.807, 2.05) is 4.98 Å². The lowest BCUT2D eigenvalue weighted by atomic mass is 10.1. The van der Waals surface area contributed by atoms with Gasteiger partial charge < -0.3 is 10.2 Å². The third kappa shape index (κ3) is 1.94. The van der Waals surface area contributed by atoms with Gasteiger partial charge >= 0.3 is 5.69 Å². The Kier molecular flexibility index (Phi) is 2.95. The summed E-state index contributed by atoms with van der Waals surface area (Å²) in [6.07, 6.45) is -0.151. The van der Waals surface area contributed by atoms with E-state index >= 15 is 0 Å². The highest BCUT2D eigenvalue weighted by Crippen LogP contribution is 2.28. The number of H-pyrrole nitrogens is 1. The van der Waals surface area contributed by atoms with Gasteiger partial charge in [0.1, 0.15) is 18.9 Å². The van der Waals surface area contributed by atoms with Crippen LogP contribution in [0.1, 0.15) is 6.04 Å². The van der Waals surface area contributed by atoms with E-state index in [-0.39, 0.29) is 5.57 Å². The minimum atomic E-state index is -1.33. The van der Waals surface area contributed by atoms with E-state index < -0.39 is 36.2 Å². The van der Waals surface area contributed by atoms with Crippen molar-refractivity contribution in [2.45, 2.75) is 18.2 Å². The molecule has 0 aromatic carbocycles. The van der Waals surface area contributed by atoms with Crippen molar-refractivity contribution in [1.29, 1.82) is 0 Å². The van der Waals surface area contributed by atoms with Gasteiger partial charge in [-0.15, -0.1) is 0 Å². The Bertz CT molecular complexity index is 562. The van der Waals surface area contributed by atoms with Crippen molar-refractivity contribution in [3.8, 4) is 0 Å². The topological polar surface area (TPSA) is 95.3 Å². The van der Waals surface area contributed by atoms with Crippen LogP contribution in [0.15, 0.2) is 33.5 Å². The maximum Gasteiger partial charge on any atom is 0.328 e. The van der Waals surface area contributed by atoms with Crippen LogP contribution in [-0.4, -0.2) is 38.6 Å². The molecule has 3 unspecified atom stereocenters. The summed E-state index contributed by atoms with van der Waals surface area (Å²) in [5.74, 6) is 0. The van der Waals surface area contributed by atoms with Crippen molar-refractivity contribution in [3.05, 3.63) is 44.8 Å². The van der Waals surface area contributed by atoms with Gasteiger partial charge in [0, 0.05) is 12.3 Å². The molecular formula is C10H11FN2O4. The summed E-state index contributed by atoms with van der Waals surface area (Å²) in [5.41, 5.74) is -1.25. The van der Waals surface area contributed by atoms with E-state index in [9.17, 15) is 24.2 Å². The van der Waals surface area contributed by atoms with E-state index in [0.717, 1.165) is 10.6 Å². The average Bonchev–Trinajstić information content (AvgIpc) is 2.57. The van der Waals surface area contributed by atoms with E-state index in [0.29, 0.717) is 0 Å². The number of nitrogens with one attached hydrogen (secondary N) is 1. The molecule has 0 fully saturated rings. The molecule has 0 spiro atoms. The zero-order chi connectivity index (χ0) is 12.6. The molecule has 0 saturated carbocycles. The van der Waals surface area contributed by atoms with Crippen molar-refractivity contribution in [2.75, 3.05) is 6.67 Å².